The zero-order valence-electron chi connectivity index (χ0n) is 16.8. The largest absolute Gasteiger partial charge is 0.493 e. The fourth-order valence-electron chi connectivity index (χ4n) is 2.83. The van der Waals surface area contributed by atoms with Crippen molar-refractivity contribution in [3.05, 3.63) is 76.5 Å². The van der Waals surface area contributed by atoms with Crippen LogP contribution in [0.1, 0.15) is 37.3 Å². The first-order chi connectivity index (χ1) is 13.7. The van der Waals surface area contributed by atoms with Gasteiger partial charge in [0, 0.05) is 12.0 Å². The number of aromatic nitrogens is 1. The van der Waals surface area contributed by atoms with Gasteiger partial charge in [-0.05, 0) is 66.8 Å². The Morgan fingerprint density at radius 3 is 2.57 bits per heavy atom. The Balaban J connectivity index is 1.53. The van der Waals surface area contributed by atoms with E-state index in [2.05, 4.69) is 37.0 Å². The van der Waals surface area contributed by atoms with Gasteiger partial charge in [-0.25, -0.2) is 4.98 Å². The van der Waals surface area contributed by atoms with Crippen LogP contribution in [0.5, 0.6) is 5.75 Å². The monoisotopic (exact) mass is 393 g/mol. The van der Waals surface area contributed by atoms with Gasteiger partial charge in [-0.2, -0.15) is 0 Å². The third kappa shape index (κ3) is 5.77. The molecule has 146 valence electrons. The van der Waals surface area contributed by atoms with Gasteiger partial charge >= 0.3 is 0 Å². The maximum Gasteiger partial charge on any atom is 0.226 e. The van der Waals surface area contributed by atoms with Gasteiger partial charge in [0.05, 0.1) is 12.3 Å². The van der Waals surface area contributed by atoms with Crippen molar-refractivity contribution in [3.8, 4) is 17.2 Å². The molecule has 0 fully saturated rings. The number of rotatable bonds is 9. The molecule has 0 atom stereocenters. The molecule has 0 aliphatic rings. The smallest absolute Gasteiger partial charge is 0.226 e. The van der Waals surface area contributed by atoms with Crippen LogP contribution < -0.4 is 4.74 Å². The van der Waals surface area contributed by atoms with E-state index in [0.29, 0.717) is 12.5 Å². The summed E-state index contributed by atoms with van der Waals surface area (Å²) < 4.78 is 11.7. The Morgan fingerprint density at radius 2 is 1.86 bits per heavy atom. The van der Waals surface area contributed by atoms with Crippen LogP contribution in [-0.4, -0.2) is 17.3 Å². The van der Waals surface area contributed by atoms with Gasteiger partial charge in [-0.3, -0.25) is 0 Å². The molecule has 0 bridgehead atoms. The van der Waals surface area contributed by atoms with E-state index in [-0.39, 0.29) is 0 Å². The quantitative estimate of drug-likeness (QED) is 0.401. The highest BCUT2D eigenvalue weighted by atomic mass is 32.2. The molecule has 3 nitrogen and oxygen atoms in total. The predicted molar refractivity (Wildman–Crippen MR) is 119 cm³/mol. The van der Waals surface area contributed by atoms with Crippen molar-refractivity contribution in [1.29, 1.82) is 0 Å². The van der Waals surface area contributed by atoms with Crippen molar-refractivity contribution in [2.24, 2.45) is 0 Å². The fraction of sp³-hybridized carbons (Fsp3) is 0.292. The van der Waals surface area contributed by atoms with E-state index >= 15 is 0 Å². The standard InChI is InChI=1S/C24H27NO2S/c1-4-16-28-18(2)17-20-10-12-22(13-11-20)26-15-14-23-19(3)27-24(25-23)21-8-6-5-7-9-21/h5-13,17H,4,14-16H2,1-3H3. The summed E-state index contributed by atoms with van der Waals surface area (Å²) in [6.45, 7) is 6.89. The molecule has 0 saturated heterocycles. The number of nitrogens with zero attached hydrogens (tertiary/aromatic N) is 1. The van der Waals surface area contributed by atoms with Crippen LogP contribution in [0, 0.1) is 6.92 Å². The molecule has 1 heterocycles. The SMILES string of the molecule is CCCSC(C)=Cc1ccc(OCCc2nc(-c3ccccc3)oc2C)cc1. The maximum absolute atomic E-state index is 5.90. The molecule has 0 radical (unpaired) electrons. The molecular weight excluding hydrogens is 366 g/mol. The zero-order chi connectivity index (χ0) is 19.8. The molecule has 1 aromatic heterocycles. The lowest BCUT2D eigenvalue weighted by Crippen LogP contribution is -2.02. The highest BCUT2D eigenvalue weighted by Gasteiger charge is 2.11. The van der Waals surface area contributed by atoms with E-state index in [1.165, 1.54) is 16.9 Å². The highest BCUT2D eigenvalue weighted by Crippen LogP contribution is 2.23. The Labute approximate surface area is 171 Å². The molecule has 2 aromatic carbocycles. The summed E-state index contributed by atoms with van der Waals surface area (Å²) in [5.74, 6) is 3.56. The number of ether oxygens (including phenoxy) is 1. The van der Waals surface area contributed by atoms with Crippen LogP contribution in [0.2, 0.25) is 0 Å². The molecule has 0 aliphatic heterocycles. The topological polar surface area (TPSA) is 35.3 Å². The van der Waals surface area contributed by atoms with Crippen molar-refractivity contribution in [1.82, 2.24) is 4.98 Å². The lowest BCUT2D eigenvalue weighted by Gasteiger charge is -2.06. The molecular formula is C24H27NO2S. The normalized spacial score (nSPS) is 11.6. The Hall–Kier alpha value is -2.46. The first kappa shape index (κ1) is 20.3. The van der Waals surface area contributed by atoms with E-state index in [1.54, 1.807) is 0 Å². The molecule has 28 heavy (non-hydrogen) atoms. The number of benzene rings is 2. The van der Waals surface area contributed by atoms with Gasteiger partial charge in [-0.15, -0.1) is 11.8 Å². The van der Waals surface area contributed by atoms with Crippen molar-refractivity contribution in [2.45, 2.75) is 33.6 Å². The molecule has 0 spiro atoms. The van der Waals surface area contributed by atoms with E-state index in [4.69, 9.17) is 9.15 Å². The molecule has 3 aromatic rings. The second-order valence-electron chi connectivity index (χ2n) is 6.66. The Kier molecular flexibility index (Phi) is 7.38. The van der Waals surface area contributed by atoms with Gasteiger partial charge in [0.15, 0.2) is 0 Å². The van der Waals surface area contributed by atoms with Gasteiger partial charge < -0.3 is 9.15 Å². The van der Waals surface area contributed by atoms with Crippen molar-refractivity contribution < 1.29 is 9.15 Å². The van der Waals surface area contributed by atoms with Gasteiger partial charge in [0.1, 0.15) is 11.5 Å². The Bertz CT molecular complexity index is 898. The Morgan fingerprint density at radius 1 is 1.11 bits per heavy atom. The second kappa shape index (κ2) is 10.2. The predicted octanol–water partition coefficient (Wildman–Crippen LogP) is 6.78. The van der Waals surface area contributed by atoms with Gasteiger partial charge in [0.25, 0.3) is 0 Å². The van der Waals surface area contributed by atoms with Crippen LogP contribution in [0.15, 0.2) is 63.9 Å². The van der Waals surface area contributed by atoms with E-state index < -0.39 is 0 Å². The zero-order valence-corrected chi connectivity index (χ0v) is 17.6. The van der Waals surface area contributed by atoms with Crippen LogP contribution in [0.25, 0.3) is 17.5 Å². The van der Waals surface area contributed by atoms with Gasteiger partial charge in [-0.1, -0.05) is 37.3 Å². The molecule has 0 aliphatic carbocycles. The van der Waals surface area contributed by atoms with Crippen molar-refractivity contribution >= 4 is 17.8 Å². The first-order valence-corrected chi connectivity index (χ1v) is 10.7. The number of thioether (sulfide) groups is 1. The lowest BCUT2D eigenvalue weighted by molar-refractivity contribution is 0.320. The van der Waals surface area contributed by atoms with Crippen LogP contribution in [-0.2, 0) is 6.42 Å². The molecule has 3 rings (SSSR count). The van der Waals surface area contributed by atoms with Crippen LogP contribution >= 0.6 is 11.8 Å². The van der Waals surface area contributed by atoms with E-state index in [9.17, 15) is 0 Å². The van der Waals surface area contributed by atoms with Crippen molar-refractivity contribution in [3.63, 3.8) is 0 Å². The van der Waals surface area contributed by atoms with Crippen LogP contribution in [0.4, 0.5) is 0 Å². The summed E-state index contributed by atoms with van der Waals surface area (Å²) in [4.78, 5) is 5.96. The minimum atomic E-state index is 0.572. The summed E-state index contributed by atoms with van der Waals surface area (Å²) >= 11 is 1.90. The molecule has 0 saturated carbocycles. The number of allylic oxidation sites excluding steroid dienone is 1. The fourth-order valence-corrected chi connectivity index (χ4v) is 3.57. The average molecular weight is 394 g/mol. The summed E-state index contributed by atoms with van der Waals surface area (Å²) in [7, 11) is 0. The molecule has 0 N–H and O–H groups in total. The first-order valence-electron chi connectivity index (χ1n) is 9.71. The molecule has 0 unspecified atom stereocenters. The van der Waals surface area contributed by atoms with Gasteiger partial charge in [0.2, 0.25) is 5.89 Å². The number of hydrogen-bond donors (Lipinski definition) is 0. The maximum atomic E-state index is 5.90. The summed E-state index contributed by atoms with van der Waals surface area (Å²) in [5, 5.41) is 0. The summed E-state index contributed by atoms with van der Waals surface area (Å²) in [6.07, 6.45) is 4.13. The van der Waals surface area contributed by atoms with E-state index in [0.717, 1.165) is 34.9 Å². The number of hydrogen-bond acceptors (Lipinski definition) is 4. The molecule has 0 amide bonds. The number of aryl methyl sites for hydroxylation is 1. The minimum absolute atomic E-state index is 0.572. The van der Waals surface area contributed by atoms with Crippen molar-refractivity contribution in [2.75, 3.05) is 12.4 Å². The average Bonchev–Trinajstić information content (AvgIpc) is 3.09. The summed E-state index contributed by atoms with van der Waals surface area (Å²) in [5.41, 5.74) is 3.14. The second-order valence-corrected chi connectivity index (χ2v) is 8.00. The van der Waals surface area contributed by atoms with E-state index in [1.807, 2.05) is 61.2 Å². The van der Waals surface area contributed by atoms with Crippen LogP contribution in [0.3, 0.4) is 0 Å². The summed E-state index contributed by atoms with van der Waals surface area (Å²) in [6, 6.07) is 18.2. The highest BCUT2D eigenvalue weighted by molar-refractivity contribution is 8.03. The lowest BCUT2D eigenvalue weighted by atomic mass is 10.2. The minimum Gasteiger partial charge on any atom is -0.493 e. The molecule has 4 heteroatoms. The third-order valence-corrected chi connectivity index (χ3v) is 5.49. The third-order valence-electron chi connectivity index (χ3n) is 4.30. The number of oxazole rings is 1.